The number of benzene rings is 2. The first-order valence-corrected chi connectivity index (χ1v) is 6.08. The quantitative estimate of drug-likeness (QED) is 0.723. The Kier molecular flexibility index (Phi) is 2.40. The minimum Gasteiger partial charge on any atom is -0.495 e. The average molecular weight is 224 g/mol. The smallest absolute Gasteiger partial charge is 0.134 e. The summed E-state index contributed by atoms with van der Waals surface area (Å²) in [5, 5.41) is 5.15. The third-order valence-corrected chi connectivity index (χ3v) is 3.58. The lowest BCUT2D eigenvalue weighted by molar-refractivity contribution is 0.415. The topological polar surface area (TPSA) is 9.23 Å². The average Bonchev–Trinajstić information content (AvgIpc) is 2.40. The van der Waals surface area contributed by atoms with E-state index in [0.29, 0.717) is 0 Å². The Morgan fingerprint density at radius 1 is 0.941 bits per heavy atom. The minimum absolute atomic E-state index is 1.03. The molecule has 0 aromatic heterocycles. The van der Waals surface area contributed by atoms with Crippen LogP contribution in [-0.2, 0) is 0 Å². The first-order valence-electron chi connectivity index (χ1n) is 6.08. The highest BCUT2D eigenvalue weighted by Gasteiger charge is 2.09. The summed E-state index contributed by atoms with van der Waals surface area (Å²) in [4.78, 5) is 0. The molecule has 0 unspecified atom stereocenters. The molecule has 3 rings (SSSR count). The van der Waals surface area contributed by atoms with Crippen LogP contribution in [0.4, 0.5) is 0 Å². The fourth-order valence-electron chi connectivity index (χ4n) is 2.76. The maximum absolute atomic E-state index is 5.63. The highest BCUT2D eigenvalue weighted by molar-refractivity contribution is 5.91. The van der Waals surface area contributed by atoms with Crippen LogP contribution in [-0.4, -0.2) is 7.11 Å². The third-order valence-electron chi connectivity index (χ3n) is 3.58. The number of hydrogen-bond acceptors (Lipinski definition) is 1. The van der Waals surface area contributed by atoms with Gasteiger partial charge in [-0.2, -0.15) is 0 Å². The summed E-state index contributed by atoms with van der Waals surface area (Å²) in [7, 11) is 1.76. The lowest BCUT2D eigenvalue weighted by Crippen LogP contribution is -2.31. The molecule has 2 aromatic rings. The molecule has 17 heavy (non-hydrogen) atoms. The molecule has 0 spiro atoms. The molecule has 0 radical (unpaired) electrons. The van der Waals surface area contributed by atoms with Gasteiger partial charge in [-0.1, -0.05) is 36.4 Å². The van der Waals surface area contributed by atoms with Crippen LogP contribution in [0.2, 0.25) is 0 Å². The van der Waals surface area contributed by atoms with E-state index in [4.69, 9.17) is 4.74 Å². The predicted octanol–water partition coefficient (Wildman–Crippen LogP) is 2.51. The van der Waals surface area contributed by atoms with Gasteiger partial charge in [0, 0.05) is 10.6 Å². The van der Waals surface area contributed by atoms with Crippen LogP contribution < -0.4 is 15.2 Å². The molecule has 86 valence electrons. The maximum atomic E-state index is 5.63. The lowest BCUT2D eigenvalue weighted by atomic mass is 9.96. The number of aryl methyl sites for hydroxylation is 1. The molecule has 1 aliphatic carbocycles. The molecule has 0 aliphatic heterocycles. The Labute approximate surface area is 101 Å². The molecule has 0 saturated carbocycles. The summed E-state index contributed by atoms with van der Waals surface area (Å²) < 4.78 is 5.63. The Morgan fingerprint density at radius 3 is 2.29 bits per heavy atom. The highest BCUT2D eigenvalue weighted by atomic mass is 16.5. The van der Waals surface area contributed by atoms with Crippen molar-refractivity contribution in [2.24, 2.45) is 0 Å². The predicted molar refractivity (Wildman–Crippen MR) is 72.7 cm³/mol. The van der Waals surface area contributed by atoms with Crippen molar-refractivity contribution < 1.29 is 4.74 Å². The second kappa shape index (κ2) is 3.92. The zero-order chi connectivity index (χ0) is 11.8. The van der Waals surface area contributed by atoms with Crippen molar-refractivity contribution in [3.05, 3.63) is 40.3 Å². The van der Waals surface area contributed by atoms with E-state index in [0.717, 1.165) is 18.6 Å². The first kappa shape index (κ1) is 10.4. The molecule has 0 fully saturated rings. The Bertz CT molecular complexity index is 696. The molecule has 2 aromatic carbocycles. The summed E-state index contributed by atoms with van der Waals surface area (Å²) in [6, 6.07) is 8.48. The second-order valence-corrected chi connectivity index (χ2v) is 4.52. The zero-order valence-corrected chi connectivity index (χ0v) is 10.3. The fraction of sp³-hybridized carbons (Fsp3) is 0.250. The molecule has 0 bridgehead atoms. The maximum Gasteiger partial charge on any atom is 0.134 e. The van der Waals surface area contributed by atoms with Crippen LogP contribution in [0.3, 0.4) is 0 Å². The number of ether oxygens (including phenoxy) is 1. The van der Waals surface area contributed by atoms with E-state index in [2.05, 4.69) is 43.3 Å². The molecule has 1 nitrogen and oxygen atoms in total. The van der Waals surface area contributed by atoms with Gasteiger partial charge in [-0.3, -0.25) is 0 Å². The monoisotopic (exact) mass is 224 g/mol. The van der Waals surface area contributed by atoms with Crippen molar-refractivity contribution in [2.45, 2.75) is 19.8 Å². The standard InChI is InChI=1S/C16H16O/c1-11-12-7-3-5-9-14(12)16(17-2)15-10-6-4-8-13(11)15/h3,5,7-10H,4,6H2,1-2H3. The van der Waals surface area contributed by atoms with Crippen LogP contribution >= 0.6 is 0 Å². The van der Waals surface area contributed by atoms with Gasteiger partial charge >= 0.3 is 0 Å². The van der Waals surface area contributed by atoms with E-state index in [1.54, 1.807) is 7.11 Å². The van der Waals surface area contributed by atoms with Crippen LogP contribution in [0, 0.1) is 6.92 Å². The molecule has 1 aliphatic rings. The van der Waals surface area contributed by atoms with Gasteiger partial charge in [0.15, 0.2) is 0 Å². The van der Waals surface area contributed by atoms with Crippen LogP contribution in [0.15, 0.2) is 24.3 Å². The Morgan fingerprint density at radius 2 is 1.59 bits per heavy atom. The molecule has 0 saturated heterocycles. The van der Waals surface area contributed by atoms with Crippen molar-refractivity contribution in [1.82, 2.24) is 0 Å². The van der Waals surface area contributed by atoms with E-state index in [9.17, 15) is 0 Å². The summed E-state index contributed by atoms with van der Waals surface area (Å²) in [5.41, 5.74) is 1.37. The van der Waals surface area contributed by atoms with Gasteiger partial charge in [0.2, 0.25) is 0 Å². The molecular weight excluding hydrogens is 208 g/mol. The molecule has 0 heterocycles. The summed E-state index contributed by atoms with van der Waals surface area (Å²) in [6.07, 6.45) is 6.88. The molecular formula is C16H16O. The van der Waals surface area contributed by atoms with Crippen molar-refractivity contribution in [3.8, 4) is 5.75 Å². The van der Waals surface area contributed by atoms with E-state index >= 15 is 0 Å². The number of hydrogen-bond donors (Lipinski definition) is 0. The minimum atomic E-state index is 1.03. The summed E-state index contributed by atoms with van der Waals surface area (Å²) in [5.74, 6) is 1.03. The Balaban J connectivity index is 2.63. The molecule has 0 N–H and O–H groups in total. The molecule has 0 amide bonds. The fourth-order valence-corrected chi connectivity index (χ4v) is 2.76. The molecule has 1 heteroatoms. The van der Waals surface area contributed by atoms with Gasteiger partial charge in [-0.15, -0.1) is 0 Å². The van der Waals surface area contributed by atoms with E-state index in [1.807, 2.05) is 0 Å². The van der Waals surface area contributed by atoms with Crippen molar-refractivity contribution in [3.63, 3.8) is 0 Å². The van der Waals surface area contributed by atoms with Gasteiger partial charge in [0.1, 0.15) is 5.75 Å². The van der Waals surface area contributed by atoms with Crippen LogP contribution in [0.25, 0.3) is 22.9 Å². The number of rotatable bonds is 1. The summed E-state index contributed by atoms with van der Waals surface area (Å²) in [6.45, 7) is 2.20. The number of methoxy groups -OCH3 is 1. The second-order valence-electron chi connectivity index (χ2n) is 4.52. The largest absolute Gasteiger partial charge is 0.495 e. The lowest BCUT2D eigenvalue weighted by Gasteiger charge is -2.13. The van der Waals surface area contributed by atoms with Gasteiger partial charge in [-0.25, -0.2) is 0 Å². The highest BCUT2D eigenvalue weighted by Crippen LogP contribution is 2.23. The first-order chi connectivity index (χ1) is 8.33. The van der Waals surface area contributed by atoms with Crippen LogP contribution in [0.1, 0.15) is 18.4 Å². The van der Waals surface area contributed by atoms with Crippen molar-refractivity contribution in [1.29, 1.82) is 0 Å². The van der Waals surface area contributed by atoms with E-state index in [-0.39, 0.29) is 0 Å². The SMILES string of the molecule is COc1c2c(c(C)c3ccccc13)=CCCC=2. The summed E-state index contributed by atoms with van der Waals surface area (Å²) >= 11 is 0. The molecule has 0 atom stereocenters. The van der Waals surface area contributed by atoms with Gasteiger partial charge in [0.05, 0.1) is 7.11 Å². The van der Waals surface area contributed by atoms with E-state index < -0.39 is 0 Å². The third kappa shape index (κ3) is 1.46. The Hall–Kier alpha value is -1.76. The zero-order valence-electron chi connectivity index (χ0n) is 10.3. The normalized spacial score (nSPS) is 13.8. The van der Waals surface area contributed by atoms with Gasteiger partial charge < -0.3 is 4.74 Å². The van der Waals surface area contributed by atoms with Gasteiger partial charge in [-0.05, 0) is 35.9 Å². The van der Waals surface area contributed by atoms with Crippen molar-refractivity contribution in [2.75, 3.05) is 7.11 Å². The number of fused-ring (bicyclic) bond motifs is 2. The van der Waals surface area contributed by atoms with Crippen LogP contribution in [0.5, 0.6) is 5.75 Å². The van der Waals surface area contributed by atoms with Gasteiger partial charge in [0.25, 0.3) is 0 Å². The van der Waals surface area contributed by atoms with Crippen molar-refractivity contribution >= 4 is 22.9 Å². The van der Waals surface area contributed by atoms with E-state index in [1.165, 1.54) is 26.8 Å².